The van der Waals surface area contributed by atoms with E-state index in [2.05, 4.69) is 58.1 Å². The Bertz CT molecular complexity index is 366. The minimum atomic E-state index is 0.194. The van der Waals surface area contributed by atoms with Crippen molar-refractivity contribution in [3.05, 3.63) is 29.3 Å². The van der Waals surface area contributed by atoms with Gasteiger partial charge in [-0.15, -0.1) is 0 Å². The van der Waals surface area contributed by atoms with Gasteiger partial charge in [-0.05, 0) is 43.5 Å². The number of likely N-dealkylation sites (N-methyl/N-ethyl adjacent to an activating group) is 1. The third-order valence-corrected chi connectivity index (χ3v) is 2.86. The Kier molecular flexibility index (Phi) is 4.58. The SMILES string of the molecule is CNCC(C)Oc1ccc(C(C)(C)C)cc1C. The van der Waals surface area contributed by atoms with Crippen molar-refractivity contribution in [3.8, 4) is 5.75 Å². The van der Waals surface area contributed by atoms with Crippen LogP contribution in [-0.4, -0.2) is 19.7 Å². The van der Waals surface area contributed by atoms with Crippen molar-refractivity contribution in [1.29, 1.82) is 0 Å². The highest BCUT2D eigenvalue weighted by atomic mass is 16.5. The monoisotopic (exact) mass is 235 g/mol. The van der Waals surface area contributed by atoms with Crippen molar-refractivity contribution in [3.63, 3.8) is 0 Å². The van der Waals surface area contributed by atoms with Gasteiger partial charge in [0.1, 0.15) is 11.9 Å². The fourth-order valence-electron chi connectivity index (χ4n) is 1.79. The lowest BCUT2D eigenvalue weighted by molar-refractivity contribution is 0.219. The molecule has 0 bridgehead atoms. The first-order valence-corrected chi connectivity index (χ1v) is 6.27. The number of aryl methyl sites for hydroxylation is 1. The van der Waals surface area contributed by atoms with Crippen LogP contribution in [0.15, 0.2) is 18.2 Å². The van der Waals surface area contributed by atoms with Crippen molar-refractivity contribution < 1.29 is 4.74 Å². The molecule has 0 aromatic heterocycles. The smallest absolute Gasteiger partial charge is 0.122 e. The lowest BCUT2D eigenvalue weighted by Crippen LogP contribution is -2.26. The van der Waals surface area contributed by atoms with Gasteiger partial charge < -0.3 is 10.1 Å². The molecular formula is C15H25NO. The molecule has 96 valence electrons. The summed E-state index contributed by atoms with van der Waals surface area (Å²) in [6.07, 6.45) is 0.194. The minimum Gasteiger partial charge on any atom is -0.489 e. The van der Waals surface area contributed by atoms with Crippen LogP contribution < -0.4 is 10.1 Å². The molecule has 1 aromatic carbocycles. The quantitative estimate of drug-likeness (QED) is 0.864. The van der Waals surface area contributed by atoms with Crippen LogP contribution >= 0.6 is 0 Å². The molecule has 0 fully saturated rings. The fraction of sp³-hybridized carbons (Fsp3) is 0.600. The zero-order valence-corrected chi connectivity index (χ0v) is 11.9. The Balaban J connectivity index is 2.83. The molecule has 0 aliphatic heterocycles. The zero-order chi connectivity index (χ0) is 13.1. The molecule has 1 rings (SSSR count). The van der Waals surface area contributed by atoms with Crippen molar-refractivity contribution >= 4 is 0 Å². The van der Waals surface area contributed by atoms with Crippen molar-refractivity contribution in [2.24, 2.45) is 0 Å². The molecule has 0 aliphatic rings. The van der Waals surface area contributed by atoms with E-state index in [4.69, 9.17) is 4.74 Å². The van der Waals surface area contributed by atoms with E-state index in [1.165, 1.54) is 11.1 Å². The number of hydrogen-bond acceptors (Lipinski definition) is 2. The molecule has 0 saturated carbocycles. The predicted molar refractivity (Wildman–Crippen MR) is 73.9 cm³/mol. The summed E-state index contributed by atoms with van der Waals surface area (Å²) in [5.41, 5.74) is 2.75. The summed E-state index contributed by atoms with van der Waals surface area (Å²) in [5.74, 6) is 0.987. The van der Waals surface area contributed by atoms with Gasteiger partial charge in [-0.1, -0.05) is 32.9 Å². The topological polar surface area (TPSA) is 21.3 Å². The van der Waals surface area contributed by atoms with E-state index in [1.807, 2.05) is 7.05 Å². The van der Waals surface area contributed by atoms with E-state index in [1.54, 1.807) is 0 Å². The first-order chi connectivity index (χ1) is 7.84. The third kappa shape index (κ3) is 4.04. The fourth-order valence-corrected chi connectivity index (χ4v) is 1.79. The molecule has 0 saturated heterocycles. The molecule has 1 unspecified atom stereocenters. The first kappa shape index (κ1) is 14.0. The van der Waals surface area contributed by atoms with Gasteiger partial charge in [0.25, 0.3) is 0 Å². The van der Waals surface area contributed by atoms with E-state index in [9.17, 15) is 0 Å². The molecule has 1 aromatic rings. The maximum absolute atomic E-state index is 5.89. The van der Waals surface area contributed by atoms with Crippen LogP contribution in [0.2, 0.25) is 0 Å². The van der Waals surface area contributed by atoms with Gasteiger partial charge in [0.2, 0.25) is 0 Å². The molecule has 0 aliphatic carbocycles. The summed E-state index contributed by atoms with van der Waals surface area (Å²) < 4.78 is 5.89. The van der Waals surface area contributed by atoms with Gasteiger partial charge in [-0.3, -0.25) is 0 Å². The van der Waals surface area contributed by atoms with Crippen LogP contribution in [-0.2, 0) is 5.41 Å². The average Bonchev–Trinajstić information content (AvgIpc) is 2.20. The largest absolute Gasteiger partial charge is 0.489 e. The highest BCUT2D eigenvalue weighted by Crippen LogP contribution is 2.27. The second-order valence-electron chi connectivity index (χ2n) is 5.72. The molecule has 2 heteroatoms. The number of rotatable bonds is 4. The molecule has 0 amide bonds. The number of nitrogens with one attached hydrogen (secondary N) is 1. The molecule has 1 N–H and O–H groups in total. The molecule has 1 atom stereocenters. The molecule has 17 heavy (non-hydrogen) atoms. The highest BCUT2D eigenvalue weighted by molar-refractivity contribution is 5.38. The Morgan fingerprint density at radius 3 is 2.41 bits per heavy atom. The predicted octanol–water partition coefficient (Wildman–Crippen LogP) is 3.28. The van der Waals surface area contributed by atoms with E-state index in [-0.39, 0.29) is 11.5 Å². The summed E-state index contributed by atoms with van der Waals surface area (Å²) in [6, 6.07) is 6.47. The summed E-state index contributed by atoms with van der Waals surface area (Å²) in [5, 5.41) is 3.12. The Morgan fingerprint density at radius 2 is 1.94 bits per heavy atom. The van der Waals surface area contributed by atoms with Gasteiger partial charge in [-0.2, -0.15) is 0 Å². The highest BCUT2D eigenvalue weighted by Gasteiger charge is 2.15. The van der Waals surface area contributed by atoms with E-state index < -0.39 is 0 Å². The number of ether oxygens (including phenoxy) is 1. The Labute approximate surface area is 105 Å². The van der Waals surface area contributed by atoms with Crippen LogP contribution in [0.3, 0.4) is 0 Å². The molecule has 2 nitrogen and oxygen atoms in total. The zero-order valence-electron chi connectivity index (χ0n) is 11.9. The van der Waals surface area contributed by atoms with Crippen molar-refractivity contribution in [2.75, 3.05) is 13.6 Å². The molecule has 0 radical (unpaired) electrons. The summed E-state index contributed by atoms with van der Waals surface area (Å²) in [4.78, 5) is 0. The number of benzene rings is 1. The van der Waals surface area contributed by atoms with Crippen LogP contribution in [0.4, 0.5) is 0 Å². The van der Waals surface area contributed by atoms with E-state index in [0.717, 1.165) is 12.3 Å². The van der Waals surface area contributed by atoms with E-state index >= 15 is 0 Å². The lowest BCUT2D eigenvalue weighted by atomic mass is 9.86. The summed E-state index contributed by atoms with van der Waals surface area (Å²) >= 11 is 0. The van der Waals surface area contributed by atoms with Crippen LogP contribution in [0.25, 0.3) is 0 Å². The first-order valence-electron chi connectivity index (χ1n) is 6.27. The number of hydrogen-bond donors (Lipinski definition) is 1. The standard InChI is InChI=1S/C15H25NO/c1-11-9-13(15(3,4)5)7-8-14(11)17-12(2)10-16-6/h7-9,12,16H,10H2,1-6H3. The summed E-state index contributed by atoms with van der Waals surface area (Å²) in [7, 11) is 1.94. The maximum atomic E-state index is 5.89. The lowest BCUT2D eigenvalue weighted by Gasteiger charge is -2.22. The van der Waals surface area contributed by atoms with Gasteiger partial charge in [0.05, 0.1) is 0 Å². The Morgan fingerprint density at radius 1 is 1.29 bits per heavy atom. The molecule has 0 spiro atoms. The second kappa shape index (κ2) is 5.54. The van der Waals surface area contributed by atoms with Gasteiger partial charge in [-0.25, -0.2) is 0 Å². The van der Waals surface area contributed by atoms with Crippen LogP contribution in [0, 0.1) is 6.92 Å². The minimum absolute atomic E-state index is 0.194. The Hall–Kier alpha value is -1.02. The normalized spacial score (nSPS) is 13.5. The van der Waals surface area contributed by atoms with Crippen LogP contribution in [0.5, 0.6) is 5.75 Å². The maximum Gasteiger partial charge on any atom is 0.122 e. The van der Waals surface area contributed by atoms with Gasteiger partial charge in [0.15, 0.2) is 0 Å². The molecule has 0 heterocycles. The van der Waals surface area contributed by atoms with Crippen molar-refractivity contribution in [1.82, 2.24) is 5.32 Å². The van der Waals surface area contributed by atoms with Crippen LogP contribution in [0.1, 0.15) is 38.8 Å². The van der Waals surface area contributed by atoms with Gasteiger partial charge >= 0.3 is 0 Å². The summed E-state index contributed by atoms with van der Waals surface area (Å²) in [6.45, 7) is 11.7. The molecular weight excluding hydrogens is 210 g/mol. The second-order valence-corrected chi connectivity index (χ2v) is 5.72. The third-order valence-electron chi connectivity index (χ3n) is 2.86. The van der Waals surface area contributed by atoms with Gasteiger partial charge in [0, 0.05) is 6.54 Å². The average molecular weight is 235 g/mol. The van der Waals surface area contributed by atoms with Crippen molar-refractivity contribution in [2.45, 2.75) is 46.1 Å². The van der Waals surface area contributed by atoms with E-state index in [0.29, 0.717) is 0 Å².